The summed E-state index contributed by atoms with van der Waals surface area (Å²) in [5.41, 5.74) is 4.97. The van der Waals surface area contributed by atoms with Gasteiger partial charge in [0.1, 0.15) is 6.10 Å². The number of rotatable bonds is 2. The van der Waals surface area contributed by atoms with Crippen LogP contribution >= 0.6 is 11.3 Å². The summed E-state index contributed by atoms with van der Waals surface area (Å²) in [4.78, 5) is 1.21. The third-order valence-corrected chi connectivity index (χ3v) is 4.49. The summed E-state index contributed by atoms with van der Waals surface area (Å²) < 4.78 is 0. The van der Waals surface area contributed by atoms with Crippen molar-refractivity contribution in [2.75, 3.05) is 0 Å². The monoisotopic (exact) mass is 244 g/mol. The molecule has 0 spiro atoms. The first-order valence-corrected chi connectivity index (χ1v) is 6.97. The standard InChI is InChI=1S/C15H16OS/c1-10-14(7-8-17-10)15(16)13-6-5-11-3-2-4-12(11)9-13/h5-9,15-16H,2-4H2,1H3. The third-order valence-electron chi connectivity index (χ3n) is 3.63. The van der Waals surface area contributed by atoms with Crippen LogP contribution in [0.2, 0.25) is 0 Å². The Morgan fingerprint density at radius 2 is 2.00 bits per heavy atom. The number of hydrogen-bond acceptors (Lipinski definition) is 2. The lowest BCUT2D eigenvalue weighted by Gasteiger charge is -2.12. The molecule has 0 bridgehead atoms. The molecule has 1 heterocycles. The zero-order valence-electron chi connectivity index (χ0n) is 9.94. The molecule has 1 nitrogen and oxygen atoms in total. The summed E-state index contributed by atoms with van der Waals surface area (Å²) in [6, 6.07) is 8.47. The van der Waals surface area contributed by atoms with Crippen LogP contribution in [0.15, 0.2) is 29.6 Å². The summed E-state index contributed by atoms with van der Waals surface area (Å²) in [6.07, 6.45) is 3.15. The van der Waals surface area contributed by atoms with Crippen LogP contribution < -0.4 is 0 Å². The van der Waals surface area contributed by atoms with E-state index >= 15 is 0 Å². The zero-order valence-corrected chi connectivity index (χ0v) is 10.8. The number of hydrogen-bond donors (Lipinski definition) is 1. The molecular weight excluding hydrogens is 228 g/mol. The van der Waals surface area contributed by atoms with E-state index in [2.05, 4.69) is 25.1 Å². The lowest BCUT2D eigenvalue weighted by Crippen LogP contribution is -2.00. The normalized spacial score (nSPS) is 15.9. The molecule has 1 unspecified atom stereocenters. The van der Waals surface area contributed by atoms with E-state index in [4.69, 9.17) is 0 Å². The minimum absolute atomic E-state index is 0.466. The minimum atomic E-state index is -0.466. The fourth-order valence-corrected chi connectivity index (χ4v) is 3.35. The SMILES string of the molecule is Cc1sccc1C(O)c1ccc2c(c1)CCC2. The van der Waals surface area contributed by atoms with Gasteiger partial charge in [0.2, 0.25) is 0 Å². The van der Waals surface area contributed by atoms with Gasteiger partial charge in [0, 0.05) is 4.88 Å². The van der Waals surface area contributed by atoms with Gasteiger partial charge < -0.3 is 5.11 Å². The van der Waals surface area contributed by atoms with Gasteiger partial charge in [0.25, 0.3) is 0 Å². The maximum Gasteiger partial charge on any atom is 0.105 e. The topological polar surface area (TPSA) is 20.2 Å². The molecule has 2 aromatic rings. The lowest BCUT2D eigenvalue weighted by molar-refractivity contribution is 0.220. The van der Waals surface area contributed by atoms with Crippen molar-refractivity contribution in [1.82, 2.24) is 0 Å². The summed E-state index contributed by atoms with van der Waals surface area (Å²) in [6.45, 7) is 2.07. The minimum Gasteiger partial charge on any atom is -0.384 e. The van der Waals surface area contributed by atoms with E-state index in [-0.39, 0.29) is 0 Å². The molecule has 1 aromatic heterocycles. The molecule has 17 heavy (non-hydrogen) atoms. The van der Waals surface area contributed by atoms with Crippen molar-refractivity contribution in [3.8, 4) is 0 Å². The maximum atomic E-state index is 10.4. The average Bonchev–Trinajstić information content (AvgIpc) is 2.95. The summed E-state index contributed by atoms with van der Waals surface area (Å²) >= 11 is 1.69. The molecular formula is C15H16OS. The molecule has 0 saturated carbocycles. The molecule has 0 amide bonds. The summed E-state index contributed by atoms with van der Waals surface area (Å²) in [7, 11) is 0. The van der Waals surface area contributed by atoms with Crippen LogP contribution in [0.3, 0.4) is 0 Å². The fraction of sp³-hybridized carbons (Fsp3) is 0.333. The van der Waals surface area contributed by atoms with Crippen LogP contribution in [0, 0.1) is 6.92 Å². The molecule has 0 fully saturated rings. The summed E-state index contributed by atoms with van der Waals surface area (Å²) in [5, 5.41) is 12.4. The average molecular weight is 244 g/mol. The van der Waals surface area contributed by atoms with Crippen LogP contribution in [0.4, 0.5) is 0 Å². The molecule has 0 saturated heterocycles. The van der Waals surface area contributed by atoms with Crippen molar-refractivity contribution in [2.45, 2.75) is 32.3 Å². The van der Waals surface area contributed by atoms with Gasteiger partial charge in [0.05, 0.1) is 0 Å². The highest BCUT2D eigenvalue weighted by molar-refractivity contribution is 7.10. The highest BCUT2D eigenvalue weighted by Crippen LogP contribution is 2.31. The van der Waals surface area contributed by atoms with E-state index in [1.807, 2.05) is 11.4 Å². The Labute approximate surface area is 106 Å². The Kier molecular flexibility index (Phi) is 2.77. The first-order valence-electron chi connectivity index (χ1n) is 6.09. The van der Waals surface area contributed by atoms with Crippen molar-refractivity contribution in [3.63, 3.8) is 0 Å². The molecule has 0 radical (unpaired) electrons. The Bertz CT molecular complexity index is 542. The van der Waals surface area contributed by atoms with E-state index in [0.717, 1.165) is 11.1 Å². The predicted molar refractivity (Wildman–Crippen MR) is 71.6 cm³/mol. The second-order valence-electron chi connectivity index (χ2n) is 4.72. The Hall–Kier alpha value is -1.12. The van der Waals surface area contributed by atoms with E-state index in [9.17, 15) is 5.11 Å². The molecule has 1 aliphatic carbocycles. The van der Waals surface area contributed by atoms with Gasteiger partial charge in [-0.2, -0.15) is 0 Å². The Morgan fingerprint density at radius 3 is 2.76 bits per heavy atom. The molecule has 88 valence electrons. The predicted octanol–water partition coefficient (Wildman–Crippen LogP) is 3.63. The lowest BCUT2D eigenvalue weighted by atomic mass is 9.98. The third kappa shape index (κ3) is 1.92. The summed E-state index contributed by atoms with van der Waals surface area (Å²) in [5.74, 6) is 0. The maximum absolute atomic E-state index is 10.4. The van der Waals surface area contributed by atoms with Crippen LogP contribution in [-0.4, -0.2) is 5.11 Å². The molecule has 1 aliphatic rings. The second kappa shape index (κ2) is 4.28. The first-order chi connectivity index (χ1) is 8.25. The number of aliphatic hydroxyl groups is 1. The quantitative estimate of drug-likeness (QED) is 0.855. The van der Waals surface area contributed by atoms with Crippen LogP contribution in [-0.2, 0) is 12.8 Å². The highest BCUT2D eigenvalue weighted by atomic mass is 32.1. The second-order valence-corrected chi connectivity index (χ2v) is 5.84. The van der Waals surface area contributed by atoms with Gasteiger partial charge in [0.15, 0.2) is 0 Å². The van der Waals surface area contributed by atoms with E-state index in [1.165, 1.54) is 35.3 Å². The van der Waals surface area contributed by atoms with E-state index in [0.29, 0.717) is 0 Å². The van der Waals surface area contributed by atoms with Crippen molar-refractivity contribution < 1.29 is 5.11 Å². The van der Waals surface area contributed by atoms with Crippen molar-refractivity contribution in [2.24, 2.45) is 0 Å². The van der Waals surface area contributed by atoms with Gasteiger partial charge in [-0.15, -0.1) is 11.3 Å². The van der Waals surface area contributed by atoms with Gasteiger partial charge in [-0.25, -0.2) is 0 Å². The molecule has 1 aromatic carbocycles. The number of thiophene rings is 1. The van der Waals surface area contributed by atoms with Crippen LogP contribution in [0.1, 0.15) is 39.7 Å². The van der Waals surface area contributed by atoms with Crippen LogP contribution in [0.25, 0.3) is 0 Å². The number of fused-ring (bicyclic) bond motifs is 1. The zero-order chi connectivity index (χ0) is 11.8. The fourth-order valence-electron chi connectivity index (χ4n) is 2.62. The number of aryl methyl sites for hydroxylation is 3. The van der Waals surface area contributed by atoms with Gasteiger partial charge in [-0.3, -0.25) is 0 Å². The van der Waals surface area contributed by atoms with Gasteiger partial charge >= 0.3 is 0 Å². The smallest absolute Gasteiger partial charge is 0.105 e. The van der Waals surface area contributed by atoms with Crippen molar-refractivity contribution >= 4 is 11.3 Å². The van der Waals surface area contributed by atoms with Gasteiger partial charge in [-0.1, -0.05) is 18.2 Å². The highest BCUT2D eigenvalue weighted by Gasteiger charge is 2.17. The Balaban J connectivity index is 1.97. The largest absolute Gasteiger partial charge is 0.384 e. The Morgan fingerprint density at radius 1 is 1.18 bits per heavy atom. The molecule has 1 atom stereocenters. The first kappa shape index (κ1) is 11.0. The van der Waals surface area contributed by atoms with Crippen molar-refractivity contribution in [1.29, 1.82) is 0 Å². The number of aliphatic hydroxyl groups excluding tert-OH is 1. The molecule has 2 heteroatoms. The van der Waals surface area contributed by atoms with E-state index in [1.54, 1.807) is 11.3 Å². The van der Waals surface area contributed by atoms with Crippen molar-refractivity contribution in [3.05, 3.63) is 56.8 Å². The number of benzene rings is 1. The molecule has 0 aliphatic heterocycles. The molecule has 3 rings (SSSR count). The molecule has 1 N–H and O–H groups in total. The van der Waals surface area contributed by atoms with Crippen LogP contribution in [0.5, 0.6) is 0 Å². The van der Waals surface area contributed by atoms with Gasteiger partial charge in [-0.05, 0) is 59.9 Å². The van der Waals surface area contributed by atoms with E-state index < -0.39 is 6.10 Å².